The average Bonchev–Trinajstić information content (AvgIpc) is 2.05. The lowest BCUT2D eigenvalue weighted by atomic mass is 9.97. The zero-order valence-electron chi connectivity index (χ0n) is 6.76. The molecule has 0 bridgehead atoms. The molecule has 0 heterocycles. The Labute approximate surface area is 66.0 Å². The van der Waals surface area contributed by atoms with Crippen molar-refractivity contribution in [3.63, 3.8) is 0 Å². The average molecular weight is 153 g/mol. The van der Waals surface area contributed by atoms with Crippen LogP contribution < -0.4 is 0 Å². The van der Waals surface area contributed by atoms with Gasteiger partial charge in [0.1, 0.15) is 0 Å². The van der Waals surface area contributed by atoms with Crippen LogP contribution in [0.15, 0.2) is 0 Å². The summed E-state index contributed by atoms with van der Waals surface area (Å²) in [5.74, 6) is -1.58. The number of Topliss-reactive ketones (excluding diaryl/α,β-unsaturated/α-hetero) is 2. The van der Waals surface area contributed by atoms with Gasteiger partial charge in [-0.15, -0.1) is 0 Å². The molecule has 0 aromatic rings. The molecule has 0 N–H and O–H groups in total. The van der Waals surface area contributed by atoms with E-state index in [1.807, 2.05) is 0 Å². The van der Waals surface area contributed by atoms with Crippen LogP contribution >= 0.6 is 0 Å². The summed E-state index contributed by atoms with van der Waals surface area (Å²) < 4.78 is 0. The standard InChI is InChI=1S/C8H11NO2/c1-3-7(10)6(5-9)8(11)4-2/h6H,3-4H2,1-2H3. The third kappa shape index (κ3) is 2.50. The van der Waals surface area contributed by atoms with E-state index in [9.17, 15) is 9.59 Å². The molecular formula is C8H11NO2. The van der Waals surface area contributed by atoms with Crippen molar-refractivity contribution >= 4 is 11.6 Å². The molecule has 0 aliphatic carbocycles. The van der Waals surface area contributed by atoms with E-state index in [0.29, 0.717) is 0 Å². The summed E-state index contributed by atoms with van der Waals surface area (Å²) in [4.78, 5) is 21.8. The van der Waals surface area contributed by atoms with Crippen LogP contribution in [-0.4, -0.2) is 11.6 Å². The molecule has 0 atom stereocenters. The van der Waals surface area contributed by atoms with Gasteiger partial charge >= 0.3 is 0 Å². The Kier molecular flexibility index (Phi) is 4.12. The van der Waals surface area contributed by atoms with Gasteiger partial charge in [-0.3, -0.25) is 9.59 Å². The molecule has 11 heavy (non-hydrogen) atoms. The number of carbonyl (C=O) groups excluding carboxylic acids is 2. The molecule has 0 saturated heterocycles. The first kappa shape index (κ1) is 9.83. The molecule has 0 radical (unpaired) electrons. The van der Waals surface area contributed by atoms with E-state index >= 15 is 0 Å². The highest BCUT2D eigenvalue weighted by molar-refractivity contribution is 6.04. The summed E-state index contributed by atoms with van der Waals surface area (Å²) in [5.41, 5.74) is 0. The predicted octanol–water partition coefficient (Wildman–Crippen LogP) is 1.08. The molecule has 0 saturated carbocycles. The third-order valence-corrected chi connectivity index (χ3v) is 1.47. The van der Waals surface area contributed by atoms with E-state index in [1.54, 1.807) is 19.9 Å². The molecule has 3 heteroatoms. The van der Waals surface area contributed by atoms with Gasteiger partial charge < -0.3 is 0 Å². The lowest BCUT2D eigenvalue weighted by molar-refractivity contribution is -0.130. The number of carbonyl (C=O) groups is 2. The quantitative estimate of drug-likeness (QED) is 0.568. The SMILES string of the molecule is CCC(=O)C(C#N)C(=O)CC. The Hall–Kier alpha value is -1.17. The van der Waals surface area contributed by atoms with Crippen molar-refractivity contribution in [1.29, 1.82) is 5.26 Å². The van der Waals surface area contributed by atoms with Crippen LogP contribution in [0, 0.1) is 17.2 Å². The van der Waals surface area contributed by atoms with Crippen LogP contribution in [0.2, 0.25) is 0 Å². The summed E-state index contributed by atoms with van der Waals surface area (Å²) in [6.07, 6.45) is 0.508. The normalized spacial score (nSPS) is 9.27. The minimum atomic E-state index is -1.02. The molecule has 0 spiro atoms. The number of nitrogens with zero attached hydrogens (tertiary/aromatic N) is 1. The maximum absolute atomic E-state index is 10.9. The Morgan fingerprint density at radius 3 is 1.82 bits per heavy atom. The van der Waals surface area contributed by atoms with Gasteiger partial charge in [0.2, 0.25) is 0 Å². The molecule has 0 aromatic heterocycles. The fraction of sp³-hybridized carbons (Fsp3) is 0.625. The minimum Gasteiger partial charge on any atom is -0.298 e. The van der Waals surface area contributed by atoms with Crippen molar-refractivity contribution < 1.29 is 9.59 Å². The van der Waals surface area contributed by atoms with Gasteiger partial charge in [-0.1, -0.05) is 13.8 Å². The zero-order chi connectivity index (χ0) is 8.85. The monoisotopic (exact) mass is 153 g/mol. The first-order valence-corrected chi connectivity index (χ1v) is 3.62. The van der Waals surface area contributed by atoms with E-state index in [0.717, 1.165) is 0 Å². The van der Waals surface area contributed by atoms with E-state index in [1.165, 1.54) is 0 Å². The molecule has 3 nitrogen and oxygen atoms in total. The lowest BCUT2D eigenvalue weighted by Crippen LogP contribution is -2.20. The topological polar surface area (TPSA) is 57.9 Å². The van der Waals surface area contributed by atoms with Gasteiger partial charge in [0.25, 0.3) is 0 Å². The highest BCUT2D eigenvalue weighted by atomic mass is 16.1. The largest absolute Gasteiger partial charge is 0.298 e. The summed E-state index contributed by atoms with van der Waals surface area (Å²) in [6.45, 7) is 3.30. The zero-order valence-corrected chi connectivity index (χ0v) is 6.76. The third-order valence-electron chi connectivity index (χ3n) is 1.47. The van der Waals surface area contributed by atoms with E-state index in [-0.39, 0.29) is 24.4 Å². The maximum Gasteiger partial charge on any atom is 0.163 e. The number of ketones is 2. The first-order chi connectivity index (χ1) is 5.17. The van der Waals surface area contributed by atoms with E-state index < -0.39 is 5.92 Å². The summed E-state index contributed by atoms with van der Waals surface area (Å²) >= 11 is 0. The number of hydrogen-bond donors (Lipinski definition) is 0. The fourth-order valence-electron chi connectivity index (χ4n) is 0.732. The highest BCUT2D eigenvalue weighted by Crippen LogP contribution is 2.03. The summed E-state index contributed by atoms with van der Waals surface area (Å²) in [6, 6.07) is 1.70. The number of hydrogen-bond acceptors (Lipinski definition) is 3. The van der Waals surface area contributed by atoms with Crippen LogP contribution in [0.5, 0.6) is 0 Å². The summed E-state index contributed by atoms with van der Waals surface area (Å²) in [7, 11) is 0. The molecule has 0 amide bonds. The van der Waals surface area contributed by atoms with Crippen LogP contribution in [0.1, 0.15) is 26.7 Å². The van der Waals surface area contributed by atoms with Gasteiger partial charge in [-0.05, 0) is 0 Å². The van der Waals surface area contributed by atoms with Gasteiger partial charge in [0, 0.05) is 12.8 Å². The molecule has 0 fully saturated rings. The van der Waals surface area contributed by atoms with Crippen LogP contribution in [0.4, 0.5) is 0 Å². The van der Waals surface area contributed by atoms with Crippen molar-refractivity contribution in [3.05, 3.63) is 0 Å². The molecule has 0 aliphatic rings. The molecule has 0 rings (SSSR count). The number of nitriles is 1. The van der Waals surface area contributed by atoms with Gasteiger partial charge in [0.05, 0.1) is 6.07 Å². The van der Waals surface area contributed by atoms with E-state index in [2.05, 4.69) is 0 Å². The van der Waals surface area contributed by atoms with Crippen molar-refractivity contribution in [2.24, 2.45) is 5.92 Å². The van der Waals surface area contributed by atoms with Gasteiger partial charge in [-0.25, -0.2) is 0 Å². The second kappa shape index (κ2) is 4.62. The van der Waals surface area contributed by atoms with Crippen molar-refractivity contribution in [2.75, 3.05) is 0 Å². The van der Waals surface area contributed by atoms with Crippen LogP contribution in [0.3, 0.4) is 0 Å². The maximum atomic E-state index is 10.9. The second-order valence-electron chi connectivity index (χ2n) is 2.20. The molecule has 60 valence electrons. The summed E-state index contributed by atoms with van der Waals surface area (Å²) in [5, 5.41) is 8.44. The smallest absolute Gasteiger partial charge is 0.163 e. The van der Waals surface area contributed by atoms with Crippen LogP contribution in [0.25, 0.3) is 0 Å². The van der Waals surface area contributed by atoms with Crippen molar-refractivity contribution in [1.82, 2.24) is 0 Å². The van der Waals surface area contributed by atoms with Gasteiger partial charge in [-0.2, -0.15) is 5.26 Å². The second-order valence-corrected chi connectivity index (χ2v) is 2.20. The molecule has 0 unspecified atom stereocenters. The molecular weight excluding hydrogens is 142 g/mol. The Bertz CT molecular complexity index is 187. The van der Waals surface area contributed by atoms with E-state index in [4.69, 9.17) is 5.26 Å². The Balaban J connectivity index is 4.31. The Morgan fingerprint density at radius 1 is 1.27 bits per heavy atom. The lowest BCUT2D eigenvalue weighted by Gasteiger charge is -2.01. The molecule has 0 aliphatic heterocycles. The Morgan fingerprint density at radius 2 is 1.64 bits per heavy atom. The van der Waals surface area contributed by atoms with Crippen LogP contribution in [-0.2, 0) is 9.59 Å². The highest BCUT2D eigenvalue weighted by Gasteiger charge is 2.22. The minimum absolute atomic E-state index is 0.254. The first-order valence-electron chi connectivity index (χ1n) is 3.62. The van der Waals surface area contributed by atoms with Crippen molar-refractivity contribution in [2.45, 2.75) is 26.7 Å². The number of rotatable bonds is 4. The van der Waals surface area contributed by atoms with Crippen molar-refractivity contribution in [3.8, 4) is 6.07 Å². The van der Waals surface area contributed by atoms with Gasteiger partial charge in [0.15, 0.2) is 17.5 Å². The molecule has 0 aromatic carbocycles. The fourth-order valence-corrected chi connectivity index (χ4v) is 0.732. The predicted molar refractivity (Wildman–Crippen MR) is 39.7 cm³/mol.